The number of aromatic nitrogens is 7. The molecule has 11 N–H and O–H groups in total. The zero-order valence-electron chi connectivity index (χ0n) is 20.4. The molecule has 0 unspecified atom stereocenters. The minimum Gasteiger partial charge on any atom is -0.480 e. The molecule has 0 amide bonds. The van der Waals surface area contributed by atoms with Crippen molar-refractivity contribution in [3.63, 3.8) is 0 Å². The zero-order chi connectivity index (χ0) is 27.4. The van der Waals surface area contributed by atoms with Crippen molar-refractivity contribution in [1.82, 2.24) is 39.4 Å². The Bertz CT molecular complexity index is 1280. The molecule has 3 aromatic rings. The Hall–Kier alpha value is -3.97. The molecule has 18 nitrogen and oxygen atoms in total. The first-order chi connectivity index (χ1) is 18.1. The van der Waals surface area contributed by atoms with Gasteiger partial charge in [-0.3, -0.25) is 23.9 Å². The molecule has 3 aromatic heterocycles. The second-order valence-corrected chi connectivity index (χ2v) is 8.88. The highest BCUT2D eigenvalue weighted by Gasteiger charge is 2.45. The monoisotopic (exact) mass is 533 g/mol. The summed E-state index contributed by atoms with van der Waals surface area (Å²) in [5.41, 5.74) is 23.5. The molecule has 38 heavy (non-hydrogen) atoms. The average Bonchev–Trinajstić information content (AvgIpc) is 3.57. The van der Waals surface area contributed by atoms with Gasteiger partial charge in [0.15, 0.2) is 23.7 Å². The van der Waals surface area contributed by atoms with Gasteiger partial charge in [0.2, 0.25) is 0 Å². The first-order valence-electron chi connectivity index (χ1n) is 11.7. The van der Waals surface area contributed by atoms with Crippen LogP contribution >= 0.6 is 0 Å². The van der Waals surface area contributed by atoms with Crippen molar-refractivity contribution in [2.75, 3.05) is 25.4 Å². The van der Waals surface area contributed by atoms with E-state index in [2.05, 4.69) is 30.3 Å². The summed E-state index contributed by atoms with van der Waals surface area (Å²) in [6, 6.07) is -1.08. The maximum absolute atomic E-state index is 11.2. The predicted octanol–water partition coefficient (Wildman–Crippen LogP) is -3.80. The second kappa shape index (κ2) is 11.6. The van der Waals surface area contributed by atoms with Gasteiger partial charge >= 0.3 is 5.97 Å². The smallest absolute Gasteiger partial charge is 0.320 e. The zero-order valence-corrected chi connectivity index (χ0v) is 20.4. The molecule has 0 saturated carbocycles. The molecule has 1 aliphatic rings. The van der Waals surface area contributed by atoms with Crippen LogP contribution in [0.5, 0.6) is 0 Å². The summed E-state index contributed by atoms with van der Waals surface area (Å²) in [6.07, 6.45) is 0.114. The van der Waals surface area contributed by atoms with Gasteiger partial charge in [-0.25, -0.2) is 15.0 Å². The lowest BCUT2D eigenvalue weighted by molar-refractivity contribution is -0.138. The van der Waals surface area contributed by atoms with Crippen LogP contribution in [0.1, 0.15) is 18.3 Å². The van der Waals surface area contributed by atoms with Gasteiger partial charge in [-0.2, -0.15) is 0 Å². The number of nitrogens with zero attached hydrogens (tertiary/aromatic N) is 9. The fourth-order valence-electron chi connectivity index (χ4n) is 4.13. The molecule has 0 bridgehead atoms. The van der Waals surface area contributed by atoms with Crippen molar-refractivity contribution >= 4 is 28.9 Å². The topological polar surface area (TPSA) is 281 Å². The highest BCUT2D eigenvalue weighted by atomic mass is 16.6. The van der Waals surface area contributed by atoms with Crippen LogP contribution in [0.2, 0.25) is 0 Å². The Morgan fingerprint density at radius 1 is 1.24 bits per heavy atom. The number of aliphatic hydroxyl groups excluding tert-OH is 2. The van der Waals surface area contributed by atoms with E-state index >= 15 is 0 Å². The Labute approximate surface area is 215 Å². The quantitative estimate of drug-likeness (QED) is 0.0867. The Morgan fingerprint density at radius 3 is 2.76 bits per heavy atom. The molecule has 1 saturated heterocycles. The number of guanidine groups is 1. The molecule has 1 aliphatic heterocycles. The standard InChI is InChI=1S/C20H31N13O5/c21-11(19(36)37)1-3-31(5-10-6-32(30-29-10)4-2-25-20(23)24)7-12-14(34)15(35)18(38-12)33-9-28-13-16(22)26-8-27-17(13)33/h6,8-9,11-12,14-15,18,34-35H,1-5,7,21H2,(H,36,37)(H2,22,26,27)(H4,23,24,25)/t11-,12+,14+,15+,18+/m0/s1. The fraction of sp³-hybridized carbons (Fsp3) is 0.550. The molecule has 1 fully saturated rings. The van der Waals surface area contributed by atoms with Crippen molar-refractivity contribution in [2.45, 2.75) is 50.1 Å². The molecule has 4 heterocycles. The van der Waals surface area contributed by atoms with E-state index in [-0.39, 0.29) is 37.8 Å². The number of hydrogen-bond acceptors (Lipinski definition) is 13. The number of fused-ring (bicyclic) bond motifs is 1. The maximum atomic E-state index is 11.2. The van der Waals surface area contributed by atoms with Gasteiger partial charge in [-0.1, -0.05) is 5.21 Å². The Balaban J connectivity index is 1.47. The van der Waals surface area contributed by atoms with Crippen LogP contribution in [0.3, 0.4) is 0 Å². The highest BCUT2D eigenvalue weighted by Crippen LogP contribution is 2.32. The molecule has 18 heteroatoms. The third-order valence-electron chi connectivity index (χ3n) is 6.11. The molecule has 0 aliphatic carbocycles. The molecular formula is C20H31N13O5. The predicted molar refractivity (Wildman–Crippen MR) is 132 cm³/mol. The van der Waals surface area contributed by atoms with Crippen LogP contribution in [0.4, 0.5) is 5.82 Å². The van der Waals surface area contributed by atoms with E-state index in [0.29, 0.717) is 29.9 Å². The lowest BCUT2D eigenvalue weighted by atomic mass is 10.1. The summed E-state index contributed by atoms with van der Waals surface area (Å²) in [5, 5.41) is 39.0. The number of hydrogen-bond donors (Lipinski definition) is 7. The number of rotatable bonds is 12. The third kappa shape index (κ3) is 6.11. The van der Waals surface area contributed by atoms with E-state index in [1.54, 1.807) is 10.9 Å². The Morgan fingerprint density at radius 2 is 2.03 bits per heavy atom. The maximum Gasteiger partial charge on any atom is 0.320 e. The van der Waals surface area contributed by atoms with Crippen LogP contribution in [-0.4, -0.2) is 111 Å². The summed E-state index contributed by atoms with van der Waals surface area (Å²) in [4.78, 5) is 29.2. The number of aliphatic carboxylic acids is 1. The van der Waals surface area contributed by atoms with Gasteiger partial charge < -0.3 is 43.0 Å². The molecule has 0 spiro atoms. The molecule has 0 radical (unpaired) electrons. The number of aliphatic hydroxyl groups is 2. The van der Waals surface area contributed by atoms with Crippen LogP contribution in [0, 0.1) is 0 Å². The number of carboxylic acid groups (broad SMARTS) is 1. The summed E-state index contributed by atoms with van der Waals surface area (Å²) < 4.78 is 9.09. The molecular weight excluding hydrogens is 502 g/mol. The first-order valence-corrected chi connectivity index (χ1v) is 11.7. The van der Waals surface area contributed by atoms with Gasteiger partial charge in [0.25, 0.3) is 0 Å². The van der Waals surface area contributed by atoms with E-state index in [4.69, 9.17) is 27.7 Å². The van der Waals surface area contributed by atoms with E-state index in [1.165, 1.54) is 17.2 Å². The number of ether oxygens (including phenoxy) is 1. The van der Waals surface area contributed by atoms with Crippen molar-refractivity contribution in [2.24, 2.45) is 22.2 Å². The number of nitrogens with two attached hydrogens (primary N) is 4. The van der Waals surface area contributed by atoms with Crippen LogP contribution in [-0.2, 0) is 22.6 Å². The minimum absolute atomic E-state index is 0.0264. The van der Waals surface area contributed by atoms with Gasteiger partial charge in [-0.05, 0) is 6.42 Å². The second-order valence-electron chi connectivity index (χ2n) is 8.88. The van der Waals surface area contributed by atoms with Crippen LogP contribution in [0.15, 0.2) is 23.8 Å². The van der Waals surface area contributed by atoms with Gasteiger partial charge in [0.05, 0.1) is 25.1 Å². The number of nitrogen functional groups attached to an aromatic ring is 1. The summed E-state index contributed by atoms with van der Waals surface area (Å²) in [6.45, 7) is 1.36. The lowest BCUT2D eigenvalue weighted by Gasteiger charge is -2.26. The Kier molecular flexibility index (Phi) is 8.27. The number of imidazole rings is 1. The molecule has 4 rings (SSSR count). The summed E-state index contributed by atoms with van der Waals surface area (Å²) in [7, 11) is 0. The SMILES string of the molecule is NC(N)=NCCn1cc(CN(CC[C@H](N)C(=O)O)C[C@H]2O[C@@H](n3cnc4c(N)ncnc43)[C@H](O)[C@@H]2O)nn1. The van der Waals surface area contributed by atoms with Crippen LogP contribution in [0.25, 0.3) is 11.2 Å². The van der Waals surface area contributed by atoms with Crippen molar-refractivity contribution in [3.8, 4) is 0 Å². The fourth-order valence-corrected chi connectivity index (χ4v) is 4.13. The van der Waals surface area contributed by atoms with Crippen molar-refractivity contribution in [3.05, 3.63) is 24.5 Å². The van der Waals surface area contributed by atoms with Gasteiger partial charge in [-0.15, -0.1) is 5.10 Å². The minimum atomic E-state index is -1.30. The van der Waals surface area contributed by atoms with Crippen molar-refractivity contribution in [1.29, 1.82) is 0 Å². The average molecular weight is 534 g/mol. The summed E-state index contributed by atoms with van der Waals surface area (Å²) >= 11 is 0. The van der Waals surface area contributed by atoms with E-state index in [1.807, 2.05) is 4.90 Å². The van der Waals surface area contributed by atoms with Gasteiger partial charge in [0.1, 0.15) is 36.2 Å². The normalized spacial score (nSPS) is 22.2. The van der Waals surface area contributed by atoms with E-state index < -0.39 is 36.6 Å². The van der Waals surface area contributed by atoms with Crippen LogP contribution < -0.4 is 22.9 Å². The lowest BCUT2D eigenvalue weighted by Crippen LogP contribution is -2.42. The number of carbonyl (C=O) groups is 1. The third-order valence-corrected chi connectivity index (χ3v) is 6.11. The molecule has 5 atom stereocenters. The number of carboxylic acids is 1. The van der Waals surface area contributed by atoms with Gasteiger partial charge in [0, 0.05) is 25.8 Å². The number of anilines is 1. The number of aliphatic imine (C=N–C) groups is 1. The van der Waals surface area contributed by atoms with Crippen molar-refractivity contribution < 1.29 is 24.9 Å². The molecule has 206 valence electrons. The molecule has 0 aromatic carbocycles. The first kappa shape index (κ1) is 27.1. The summed E-state index contributed by atoms with van der Waals surface area (Å²) in [5.74, 6) is -0.983. The van der Waals surface area contributed by atoms with E-state index in [9.17, 15) is 20.1 Å². The largest absolute Gasteiger partial charge is 0.480 e. The van der Waals surface area contributed by atoms with E-state index in [0.717, 1.165) is 0 Å². The highest BCUT2D eigenvalue weighted by molar-refractivity contribution is 5.81.